The summed E-state index contributed by atoms with van der Waals surface area (Å²) in [6, 6.07) is 24.3. The standard InChI is InChI=1S/C24H23NO2/c1-18-10-12-20(13-11-18)17-27-23-9-5-8-22-21(23)14-15-25(24(22)26)16-19-6-3-2-4-7-19/h2-13H,14-17H2,1H3. The Labute approximate surface area is 160 Å². The Bertz CT molecular complexity index is 932. The minimum Gasteiger partial charge on any atom is -0.489 e. The van der Waals surface area contributed by atoms with Crippen molar-refractivity contribution in [2.24, 2.45) is 0 Å². The molecule has 4 rings (SSSR count). The first-order valence-electron chi connectivity index (χ1n) is 9.34. The maximum Gasteiger partial charge on any atom is 0.254 e. The van der Waals surface area contributed by atoms with E-state index in [2.05, 4.69) is 43.3 Å². The molecule has 27 heavy (non-hydrogen) atoms. The van der Waals surface area contributed by atoms with Crippen LogP contribution in [0.25, 0.3) is 0 Å². The van der Waals surface area contributed by atoms with Crippen molar-refractivity contribution < 1.29 is 9.53 Å². The van der Waals surface area contributed by atoms with Crippen molar-refractivity contribution in [3.8, 4) is 5.75 Å². The second-order valence-electron chi connectivity index (χ2n) is 7.02. The lowest BCUT2D eigenvalue weighted by Gasteiger charge is -2.29. The van der Waals surface area contributed by atoms with Gasteiger partial charge in [0.2, 0.25) is 0 Å². The number of hydrogen-bond acceptors (Lipinski definition) is 2. The van der Waals surface area contributed by atoms with Crippen LogP contribution in [0.2, 0.25) is 0 Å². The summed E-state index contributed by atoms with van der Waals surface area (Å²) < 4.78 is 6.06. The first kappa shape index (κ1) is 17.3. The van der Waals surface area contributed by atoms with Gasteiger partial charge in [-0.05, 0) is 36.6 Å². The van der Waals surface area contributed by atoms with Crippen LogP contribution in [0.1, 0.15) is 32.6 Å². The van der Waals surface area contributed by atoms with Crippen molar-refractivity contribution in [3.63, 3.8) is 0 Å². The van der Waals surface area contributed by atoms with Crippen LogP contribution in [-0.4, -0.2) is 17.4 Å². The highest BCUT2D eigenvalue weighted by molar-refractivity contribution is 5.97. The highest BCUT2D eigenvalue weighted by Gasteiger charge is 2.26. The maximum atomic E-state index is 13.0. The number of aryl methyl sites for hydroxylation is 1. The number of nitrogens with zero attached hydrogens (tertiary/aromatic N) is 1. The van der Waals surface area contributed by atoms with Crippen LogP contribution in [0.4, 0.5) is 0 Å². The second kappa shape index (κ2) is 7.67. The molecular formula is C24H23NO2. The van der Waals surface area contributed by atoms with E-state index >= 15 is 0 Å². The molecule has 3 nitrogen and oxygen atoms in total. The third-order valence-corrected chi connectivity index (χ3v) is 5.01. The molecule has 0 unspecified atom stereocenters. The highest BCUT2D eigenvalue weighted by atomic mass is 16.5. The molecule has 0 radical (unpaired) electrons. The Balaban J connectivity index is 1.50. The van der Waals surface area contributed by atoms with Crippen LogP contribution >= 0.6 is 0 Å². The number of carbonyl (C=O) groups is 1. The smallest absolute Gasteiger partial charge is 0.254 e. The van der Waals surface area contributed by atoms with E-state index in [1.54, 1.807) is 0 Å². The van der Waals surface area contributed by atoms with E-state index in [9.17, 15) is 4.79 Å². The summed E-state index contributed by atoms with van der Waals surface area (Å²) in [6.07, 6.45) is 0.817. The Kier molecular flexibility index (Phi) is 4.93. The van der Waals surface area contributed by atoms with Gasteiger partial charge in [-0.2, -0.15) is 0 Å². The Hall–Kier alpha value is -3.07. The van der Waals surface area contributed by atoms with E-state index in [0.29, 0.717) is 19.7 Å². The van der Waals surface area contributed by atoms with Crippen LogP contribution in [-0.2, 0) is 19.6 Å². The fourth-order valence-electron chi connectivity index (χ4n) is 3.48. The molecule has 0 bridgehead atoms. The number of rotatable bonds is 5. The van der Waals surface area contributed by atoms with E-state index in [1.165, 1.54) is 5.56 Å². The number of benzene rings is 3. The van der Waals surface area contributed by atoms with Gasteiger partial charge in [0.15, 0.2) is 0 Å². The number of carbonyl (C=O) groups excluding carboxylic acids is 1. The first-order chi connectivity index (χ1) is 13.2. The van der Waals surface area contributed by atoms with Gasteiger partial charge in [-0.1, -0.05) is 66.2 Å². The number of fused-ring (bicyclic) bond motifs is 1. The molecule has 0 fully saturated rings. The van der Waals surface area contributed by atoms with E-state index in [1.807, 2.05) is 41.3 Å². The van der Waals surface area contributed by atoms with Crippen molar-refractivity contribution in [1.82, 2.24) is 4.90 Å². The fraction of sp³-hybridized carbons (Fsp3) is 0.208. The minimum absolute atomic E-state index is 0.0842. The molecule has 0 aromatic heterocycles. The lowest BCUT2D eigenvalue weighted by atomic mass is 9.97. The molecule has 3 heteroatoms. The predicted octanol–water partition coefficient (Wildman–Crippen LogP) is 4.77. The number of amides is 1. The topological polar surface area (TPSA) is 29.5 Å². The molecule has 1 amide bonds. The third-order valence-electron chi connectivity index (χ3n) is 5.01. The van der Waals surface area contributed by atoms with Gasteiger partial charge in [-0.25, -0.2) is 0 Å². The van der Waals surface area contributed by atoms with Gasteiger partial charge < -0.3 is 9.64 Å². The molecule has 0 saturated carbocycles. The first-order valence-corrected chi connectivity index (χ1v) is 9.34. The van der Waals surface area contributed by atoms with Gasteiger partial charge in [-0.15, -0.1) is 0 Å². The van der Waals surface area contributed by atoms with Gasteiger partial charge in [0.25, 0.3) is 5.91 Å². The molecule has 1 heterocycles. The van der Waals surface area contributed by atoms with Crippen LogP contribution in [0.5, 0.6) is 5.75 Å². The van der Waals surface area contributed by atoms with E-state index in [-0.39, 0.29) is 5.91 Å². The molecule has 1 aliphatic rings. The fourth-order valence-corrected chi connectivity index (χ4v) is 3.48. The molecule has 0 spiro atoms. The summed E-state index contributed by atoms with van der Waals surface area (Å²) in [7, 11) is 0. The van der Waals surface area contributed by atoms with Crippen molar-refractivity contribution in [3.05, 3.63) is 101 Å². The SMILES string of the molecule is Cc1ccc(COc2cccc3c2CCN(Cc2ccccc2)C3=O)cc1. The molecule has 0 aliphatic carbocycles. The molecule has 0 saturated heterocycles. The molecule has 3 aromatic rings. The zero-order valence-electron chi connectivity index (χ0n) is 15.5. The van der Waals surface area contributed by atoms with Crippen molar-refractivity contribution in [2.75, 3.05) is 6.54 Å². The van der Waals surface area contributed by atoms with Gasteiger partial charge in [0.05, 0.1) is 0 Å². The Morgan fingerprint density at radius 1 is 0.889 bits per heavy atom. The molecule has 3 aromatic carbocycles. The maximum absolute atomic E-state index is 13.0. The van der Waals surface area contributed by atoms with E-state index < -0.39 is 0 Å². The lowest BCUT2D eigenvalue weighted by Crippen LogP contribution is -2.37. The summed E-state index contributed by atoms with van der Waals surface area (Å²) in [5.74, 6) is 0.904. The third kappa shape index (κ3) is 3.87. The summed E-state index contributed by atoms with van der Waals surface area (Å²) in [5, 5.41) is 0. The van der Waals surface area contributed by atoms with Gasteiger partial charge in [0.1, 0.15) is 12.4 Å². The average molecular weight is 357 g/mol. The van der Waals surface area contributed by atoms with Crippen LogP contribution < -0.4 is 4.74 Å². The predicted molar refractivity (Wildman–Crippen MR) is 107 cm³/mol. The van der Waals surface area contributed by atoms with Crippen molar-refractivity contribution in [1.29, 1.82) is 0 Å². The van der Waals surface area contributed by atoms with Crippen LogP contribution in [0, 0.1) is 6.92 Å². The quantitative estimate of drug-likeness (QED) is 0.658. The molecule has 0 N–H and O–H groups in total. The zero-order valence-corrected chi connectivity index (χ0v) is 15.5. The zero-order chi connectivity index (χ0) is 18.6. The normalized spacial score (nSPS) is 13.4. The largest absolute Gasteiger partial charge is 0.489 e. The summed E-state index contributed by atoms with van der Waals surface area (Å²) in [5.41, 5.74) is 5.31. The number of hydrogen-bond donors (Lipinski definition) is 0. The highest BCUT2D eigenvalue weighted by Crippen LogP contribution is 2.29. The van der Waals surface area contributed by atoms with E-state index in [4.69, 9.17) is 4.74 Å². The number of ether oxygens (including phenoxy) is 1. The Morgan fingerprint density at radius 2 is 1.67 bits per heavy atom. The van der Waals surface area contributed by atoms with Crippen molar-refractivity contribution in [2.45, 2.75) is 26.5 Å². The van der Waals surface area contributed by atoms with Gasteiger partial charge >= 0.3 is 0 Å². The molecule has 136 valence electrons. The molecule has 1 aliphatic heterocycles. The summed E-state index contributed by atoms with van der Waals surface area (Å²) >= 11 is 0. The average Bonchev–Trinajstić information content (AvgIpc) is 2.70. The van der Waals surface area contributed by atoms with Gasteiger partial charge in [-0.3, -0.25) is 4.79 Å². The lowest BCUT2D eigenvalue weighted by molar-refractivity contribution is 0.0725. The minimum atomic E-state index is 0.0842. The summed E-state index contributed by atoms with van der Waals surface area (Å²) in [6.45, 7) is 3.95. The van der Waals surface area contributed by atoms with Gasteiger partial charge in [0, 0.05) is 24.2 Å². The van der Waals surface area contributed by atoms with E-state index in [0.717, 1.165) is 34.4 Å². The van der Waals surface area contributed by atoms with Crippen LogP contribution in [0.15, 0.2) is 72.8 Å². The van der Waals surface area contributed by atoms with Crippen molar-refractivity contribution >= 4 is 5.91 Å². The second-order valence-corrected chi connectivity index (χ2v) is 7.02. The Morgan fingerprint density at radius 3 is 2.44 bits per heavy atom. The monoisotopic (exact) mass is 357 g/mol. The molecular weight excluding hydrogens is 334 g/mol. The van der Waals surface area contributed by atoms with Crippen LogP contribution in [0.3, 0.4) is 0 Å². The molecule has 0 atom stereocenters. The summed E-state index contributed by atoms with van der Waals surface area (Å²) in [4.78, 5) is 14.9.